The van der Waals surface area contributed by atoms with E-state index in [-0.39, 0.29) is 18.3 Å². The number of esters is 1. The molecule has 1 heterocycles. The summed E-state index contributed by atoms with van der Waals surface area (Å²) in [5.74, 6) is -18.2. The molecular formula is C14H13F7O4. The zero-order valence-electron chi connectivity index (χ0n) is 12.4. The van der Waals surface area contributed by atoms with Gasteiger partial charge in [-0.3, -0.25) is 4.79 Å². The molecule has 11 heteroatoms. The molecule has 0 radical (unpaired) electrons. The summed E-state index contributed by atoms with van der Waals surface area (Å²) >= 11 is 0. The van der Waals surface area contributed by atoms with Crippen molar-refractivity contribution in [3.63, 3.8) is 0 Å². The number of carbonyl (C=O) groups excluding carboxylic acids is 1. The molecule has 1 aliphatic heterocycles. The summed E-state index contributed by atoms with van der Waals surface area (Å²) in [6, 6.07) is 0. The molecule has 1 N–H and O–H groups in total. The van der Waals surface area contributed by atoms with E-state index >= 15 is 0 Å². The number of allylic oxidation sites excluding steroid dienone is 2. The second-order valence-electron chi connectivity index (χ2n) is 6.52. The third kappa shape index (κ3) is 2.62. The lowest BCUT2D eigenvalue weighted by Gasteiger charge is -2.46. The van der Waals surface area contributed by atoms with Gasteiger partial charge in [-0.1, -0.05) is 12.2 Å². The molecule has 0 amide bonds. The molecule has 1 saturated heterocycles. The summed E-state index contributed by atoms with van der Waals surface area (Å²) < 4.78 is 101. The molecule has 4 nitrogen and oxygen atoms in total. The summed E-state index contributed by atoms with van der Waals surface area (Å²) in [6.07, 6.45) is -5.76. The highest BCUT2D eigenvalue weighted by Crippen LogP contribution is 2.53. The lowest BCUT2D eigenvalue weighted by molar-refractivity contribution is -0.479. The van der Waals surface area contributed by atoms with E-state index in [0.29, 0.717) is 6.42 Å². The van der Waals surface area contributed by atoms with Crippen LogP contribution in [0.3, 0.4) is 0 Å². The fourth-order valence-electron chi connectivity index (χ4n) is 3.50. The minimum Gasteiger partial charge on any atom is -0.449 e. The average Bonchev–Trinajstić information content (AvgIpc) is 3.10. The largest absolute Gasteiger partial charge is 0.449 e. The van der Waals surface area contributed by atoms with Crippen LogP contribution in [0.1, 0.15) is 12.8 Å². The maximum Gasteiger partial charge on any atom is 0.449 e. The number of hydrogen-bond acceptors (Lipinski definition) is 4. The molecule has 5 unspecified atom stereocenters. The summed E-state index contributed by atoms with van der Waals surface area (Å²) in [5, 5.41) is 9.19. The fraction of sp³-hybridized carbons (Fsp3) is 0.786. The number of carbonyl (C=O) groups is 1. The van der Waals surface area contributed by atoms with E-state index in [2.05, 4.69) is 9.47 Å². The van der Waals surface area contributed by atoms with Gasteiger partial charge >= 0.3 is 29.8 Å². The Hall–Kier alpha value is -1.36. The van der Waals surface area contributed by atoms with Gasteiger partial charge in [-0.25, -0.2) is 0 Å². The first-order valence-electron chi connectivity index (χ1n) is 7.37. The number of rotatable bonds is 2. The lowest BCUT2D eigenvalue weighted by atomic mass is 9.92. The molecule has 1 saturated carbocycles. The van der Waals surface area contributed by atoms with Crippen LogP contribution in [-0.2, 0) is 14.3 Å². The summed E-state index contributed by atoms with van der Waals surface area (Å²) in [6.45, 7) is -2.17. The zero-order chi connectivity index (χ0) is 18.8. The van der Waals surface area contributed by atoms with Gasteiger partial charge in [0.1, 0.15) is 6.61 Å². The molecule has 2 fully saturated rings. The van der Waals surface area contributed by atoms with E-state index in [0.717, 1.165) is 0 Å². The van der Waals surface area contributed by atoms with Crippen LogP contribution in [0.15, 0.2) is 12.2 Å². The van der Waals surface area contributed by atoms with Crippen LogP contribution in [-0.4, -0.2) is 47.6 Å². The number of alkyl halides is 7. The average molecular weight is 378 g/mol. The molecule has 142 valence electrons. The first-order chi connectivity index (χ1) is 11.3. The van der Waals surface area contributed by atoms with Crippen LogP contribution in [0.25, 0.3) is 0 Å². The molecule has 0 spiro atoms. The zero-order valence-corrected chi connectivity index (χ0v) is 12.4. The van der Waals surface area contributed by atoms with Crippen LogP contribution in [0.2, 0.25) is 0 Å². The van der Waals surface area contributed by atoms with E-state index < -0.39 is 48.4 Å². The Labute approximate surface area is 136 Å². The van der Waals surface area contributed by atoms with E-state index in [4.69, 9.17) is 0 Å². The first-order valence-corrected chi connectivity index (χ1v) is 7.37. The Bertz CT molecular complexity index is 602. The van der Waals surface area contributed by atoms with Crippen molar-refractivity contribution in [2.24, 2.45) is 17.8 Å². The van der Waals surface area contributed by atoms with Gasteiger partial charge in [0.05, 0.1) is 5.92 Å². The number of fused-ring (bicyclic) bond motifs is 2. The second kappa shape index (κ2) is 5.32. The maximum absolute atomic E-state index is 14.1. The monoisotopic (exact) mass is 378 g/mol. The van der Waals surface area contributed by atoms with Crippen LogP contribution < -0.4 is 0 Å². The molecule has 5 atom stereocenters. The van der Waals surface area contributed by atoms with E-state index in [1.165, 1.54) is 0 Å². The van der Waals surface area contributed by atoms with Crippen LogP contribution in [0.4, 0.5) is 30.7 Å². The molecule has 0 aromatic rings. The van der Waals surface area contributed by atoms with Crippen molar-refractivity contribution in [3.05, 3.63) is 12.2 Å². The first kappa shape index (κ1) is 18.4. The number of hydrogen-bond donors (Lipinski definition) is 1. The van der Waals surface area contributed by atoms with Gasteiger partial charge in [0, 0.05) is 0 Å². The molecule has 25 heavy (non-hydrogen) atoms. The van der Waals surface area contributed by atoms with Crippen molar-refractivity contribution in [1.82, 2.24) is 0 Å². The Morgan fingerprint density at radius 1 is 1.16 bits per heavy atom. The minimum atomic E-state index is -6.08. The predicted octanol–water partition coefficient (Wildman–Crippen LogP) is 2.66. The van der Waals surface area contributed by atoms with Gasteiger partial charge in [0.25, 0.3) is 0 Å². The van der Waals surface area contributed by atoms with Crippen molar-refractivity contribution < 1.29 is 50.1 Å². The Morgan fingerprint density at radius 2 is 1.80 bits per heavy atom. The third-order valence-corrected chi connectivity index (χ3v) is 4.84. The highest BCUT2D eigenvalue weighted by molar-refractivity contribution is 5.74. The predicted molar refractivity (Wildman–Crippen MR) is 65.6 cm³/mol. The smallest absolute Gasteiger partial charge is 0.449 e. The van der Waals surface area contributed by atoms with Gasteiger partial charge in [0.2, 0.25) is 6.10 Å². The van der Waals surface area contributed by atoms with Crippen molar-refractivity contribution in [3.8, 4) is 0 Å². The van der Waals surface area contributed by atoms with Crippen LogP contribution >= 0.6 is 0 Å². The van der Waals surface area contributed by atoms with Crippen molar-refractivity contribution in [1.29, 1.82) is 0 Å². The van der Waals surface area contributed by atoms with Gasteiger partial charge in [0.15, 0.2) is 0 Å². The molecule has 3 rings (SSSR count). The van der Waals surface area contributed by atoms with Crippen LogP contribution in [0.5, 0.6) is 0 Å². The Balaban J connectivity index is 1.86. The molecule has 2 bridgehead atoms. The highest BCUT2D eigenvalue weighted by atomic mass is 19.4. The highest BCUT2D eigenvalue weighted by Gasteiger charge is 2.81. The maximum atomic E-state index is 14.1. The molecule has 3 aliphatic rings. The molecule has 0 aromatic heterocycles. The van der Waals surface area contributed by atoms with Gasteiger partial charge in [-0.05, 0) is 24.7 Å². The van der Waals surface area contributed by atoms with Crippen molar-refractivity contribution in [2.75, 3.05) is 6.61 Å². The van der Waals surface area contributed by atoms with E-state index in [1.54, 1.807) is 12.2 Å². The topological polar surface area (TPSA) is 55.8 Å². The van der Waals surface area contributed by atoms with Gasteiger partial charge in [-0.15, -0.1) is 0 Å². The minimum absolute atomic E-state index is 0.0228. The van der Waals surface area contributed by atoms with Crippen molar-refractivity contribution in [2.45, 2.75) is 42.8 Å². The van der Waals surface area contributed by atoms with Gasteiger partial charge in [-0.2, -0.15) is 30.7 Å². The number of halogens is 7. The van der Waals surface area contributed by atoms with Crippen LogP contribution in [0, 0.1) is 17.8 Å². The molecule has 0 aromatic carbocycles. The molecule has 2 aliphatic carbocycles. The quantitative estimate of drug-likeness (QED) is 0.456. The SMILES string of the molecule is O=C(OC1C(F)(F)COC(O)(C(F)(F)F)C1(F)F)C1CC2C=CC1C2. The summed E-state index contributed by atoms with van der Waals surface area (Å²) in [5.41, 5.74) is 0. The lowest BCUT2D eigenvalue weighted by Crippen LogP contribution is -2.74. The Kier molecular flexibility index (Phi) is 3.92. The summed E-state index contributed by atoms with van der Waals surface area (Å²) in [7, 11) is 0. The second-order valence-corrected chi connectivity index (χ2v) is 6.52. The normalized spacial score (nSPS) is 41.8. The third-order valence-electron chi connectivity index (χ3n) is 4.84. The van der Waals surface area contributed by atoms with E-state index in [9.17, 15) is 40.6 Å². The van der Waals surface area contributed by atoms with E-state index in [1.807, 2.05) is 0 Å². The van der Waals surface area contributed by atoms with Crippen molar-refractivity contribution >= 4 is 5.97 Å². The van der Waals surface area contributed by atoms with Gasteiger partial charge < -0.3 is 14.6 Å². The Morgan fingerprint density at radius 3 is 2.28 bits per heavy atom. The molecular weight excluding hydrogens is 365 g/mol. The number of ether oxygens (including phenoxy) is 2. The standard InChI is InChI=1S/C14H13F7O4/c15-11(16)5-24-13(23,14(19,20)21)12(17,18)10(11)25-9(22)8-4-6-1-2-7(8)3-6/h1-2,6-8,10,23H,3-5H2. The fourth-order valence-corrected chi connectivity index (χ4v) is 3.50. The summed E-state index contributed by atoms with van der Waals surface area (Å²) in [4.78, 5) is 12.0. The number of aliphatic hydroxyl groups is 1.